The van der Waals surface area contributed by atoms with E-state index in [1.54, 1.807) is 41.1 Å². The number of benzene rings is 2. The largest absolute Gasteiger partial charge is 0.321 e. The predicted molar refractivity (Wildman–Crippen MR) is 105 cm³/mol. The molecule has 0 fully saturated rings. The molecule has 142 valence electrons. The summed E-state index contributed by atoms with van der Waals surface area (Å²) in [7, 11) is 0. The second kappa shape index (κ2) is 7.38. The zero-order chi connectivity index (χ0) is 19.7. The second-order valence-corrected chi connectivity index (χ2v) is 6.96. The Morgan fingerprint density at radius 3 is 2.57 bits per heavy atom. The van der Waals surface area contributed by atoms with Crippen molar-refractivity contribution in [1.82, 2.24) is 9.78 Å². The Balaban J connectivity index is 1.69. The molecule has 1 aliphatic rings. The Morgan fingerprint density at radius 2 is 1.82 bits per heavy atom. The quantitative estimate of drug-likeness (QED) is 0.688. The van der Waals surface area contributed by atoms with E-state index >= 15 is 0 Å². The van der Waals surface area contributed by atoms with Crippen molar-refractivity contribution in [2.45, 2.75) is 32.6 Å². The maximum atomic E-state index is 13.3. The van der Waals surface area contributed by atoms with Crippen LogP contribution in [0.3, 0.4) is 0 Å². The maximum Gasteiger partial charge on any atom is 0.276 e. The van der Waals surface area contributed by atoms with Crippen LogP contribution < -0.4 is 5.32 Å². The molecule has 0 atom stereocenters. The van der Waals surface area contributed by atoms with Gasteiger partial charge in [-0.25, -0.2) is 9.07 Å². The number of ketones is 1. The van der Waals surface area contributed by atoms with Gasteiger partial charge in [-0.15, -0.1) is 0 Å². The van der Waals surface area contributed by atoms with E-state index in [0.29, 0.717) is 16.9 Å². The van der Waals surface area contributed by atoms with Crippen molar-refractivity contribution in [3.63, 3.8) is 0 Å². The van der Waals surface area contributed by atoms with Crippen molar-refractivity contribution >= 4 is 17.4 Å². The summed E-state index contributed by atoms with van der Waals surface area (Å²) in [4.78, 5) is 24.5. The fourth-order valence-corrected chi connectivity index (χ4v) is 3.58. The number of Topliss-reactive ketones (excluding diaryl/α,β-unsaturated/α-hetero) is 1. The summed E-state index contributed by atoms with van der Waals surface area (Å²) in [5.41, 5.74) is 4.15. The van der Waals surface area contributed by atoms with Crippen LogP contribution in [0, 0.1) is 5.82 Å². The standard InChI is InChI=1S/C22H20FN3O2/c1-14(27)15-5-4-6-17(13-15)24-22(28)21-19-7-2-3-8-20(19)26(25-21)18-11-9-16(23)10-12-18/h4-6,9-13H,2-3,7-8H2,1H3,(H,24,28). The fraction of sp³-hybridized carbons (Fsp3) is 0.227. The minimum absolute atomic E-state index is 0.0611. The van der Waals surface area contributed by atoms with Gasteiger partial charge in [-0.05, 0) is 69.0 Å². The fourth-order valence-electron chi connectivity index (χ4n) is 3.58. The molecule has 1 amide bonds. The Morgan fingerprint density at radius 1 is 1.07 bits per heavy atom. The van der Waals surface area contributed by atoms with Crippen molar-refractivity contribution in [3.05, 3.63) is 76.9 Å². The molecule has 3 aromatic rings. The van der Waals surface area contributed by atoms with Gasteiger partial charge in [-0.1, -0.05) is 12.1 Å². The number of amides is 1. The number of hydrogen-bond donors (Lipinski definition) is 1. The molecular weight excluding hydrogens is 357 g/mol. The number of hydrogen-bond acceptors (Lipinski definition) is 3. The molecule has 2 aromatic carbocycles. The summed E-state index contributed by atoms with van der Waals surface area (Å²) in [5, 5.41) is 7.41. The van der Waals surface area contributed by atoms with Gasteiger partial charge in [0.1, 0.15) is 5.82 Å². The molecule has 0 saturated carbocycles. The molecule has 1 aliphatic carbocycles. The first-order valence-corrected chi connectivity index (χ1v) is 9.32. The molecule has 28 heavy (non-hydrogen) atoms. The highest BCUT2D eigenvalue weighted by Crippen LogP contribution is 2.27. The Labute approximate surface area is 162 Å². The average Bonchev–Trinajstić information content (AvgIpc) is 3.09. The van der Waals surface area contributed by atoms with Crippen molar-refractivity contribution in [2.24, 2.45) is 0 Å². The average molecular weight is 377 g/mol. The monoisotopic (exact) mass is 377 g/mol. The molecule has 4 rings (SSSR count). The van der Waals surface area contributed by atoms with Gasteiger partial charge in [0, 0.05) is 22.5 Å². The molecule has 0 aliphatic heterocycles. The first-order valence-electron chi connectivity index (χ1n) is 9.32. The van der Waals surface area contributed by atoms with Crippen molar-refractivity contribution in [1.29, 1.82) is 0 Å². The second-order valence-electron chi connectivity index (χ2n) is 6.96. The Bertz CT molecular complexity index is 1050. The summed E-state index contributed by atoms with van der Waals surface area (Å²) < 4.78 is 15.0. The smallest absolute Gasteiger partial charge is 0.276 e. The Hall–Kier alpha value is -3.28. The molecule has 0 spiro atoms. The van der Waals surface area contributed by atoms with Gasteiger partial charge in [-0.3, -0.25) is 9.59 Å². The lowest BCUT2D eigenvalue weighted by molar-refractivity contribution is 0.100. The number of aromatic nitrogens is 2. The van der Waals surface area contributed by atoms with Crippen molar-refractivity contribution < 1.29 is 14.0 Å². The summed E-state index contributed by atoms with van der Waals surface area (Å²) in [6, 6.07) is 12.9. The first kappa shape index (κ1) is 18.1. The highest BCUT2D eigenvalue weighted by Gasteiger charge is 2.25. The van der Waals surface area contributed by atoms with Crippen LogP contribution in [0.5, 0.6) is 0 Å². The molecule has 0 radical (unpaired) electrons. The summed E-state index contributed by atoms with van der Waals surface area (Å²) in [6.45, 7) is 1.49. The lowest BCUT2D eigenvalue weighted by atomic mass is 9.95. The molecule has 0 bridgehead atoms. The van der Waals surface area contributed by atoms with E-state index in [1.807, 2.05) is 0 Å². The highest BCUT2D eigenvalue weighted by molar-refractivity contribution is 6.05. The lowest BCUT2D eigenvalue weighted by Crippen LogP contribution is -2.16. The lowest BCUT2D eigenvalue weighted by Gasteiger charge is -2.14. The van der Waals surface area contributed by atoms with E-state index in [9.17, 15) is 14.0 Å². The number of carbonyl (C=O) groups is 2. The van der Waals surface area contributed by atoms with Gasteiger partial charge in [0.05, 0.1) is 5.69 Å². The van der Waals surface area contributed by atoms with E-state index < -0.39 is 0 Å². The number of rotatable bonds is 4. The summed E-state index contributed by atoms with van der Waals surface area (Å²) >= 11 is 0. The SMILES string of the molecule is CC(=O)c1cccc(NC(=O)c2nn(-c3ccc(F)cc3)c3c2CCCC3)c1. The maximum absolute atomic E-state index is 13.3. The van der Waals surface area contributed by atoms with Gasteiger partial charge in [-0.2, -0.15) is 5.10 Å². The van der Waals surface area contributed by atoms with Gasteiger partial charge in [0.25, 0.3) is 5.91 Å². The first-order chi connectivity index (χ1) is 13.5. The van der Waals surface area contributed by atoms with E-state index in [0.717, 1.165) is 42.6 Å². The summed E-state index contributed by atoms with van der Waals surface area (Å²) in [6.07, 6.45) is 3.64. The van der Waals surface area contributed by atoms with E-state index in [2.05, 4.69) is 10.4 Å². The normalized spacial score (nSPS) is 13.1. The van der Waals surface area contributed by atoms with E-state index in [-0.39, 0.29) is 17.5 Å². The minimum atomic E-state index is -0.312. The third kappa shape index (κ3) is 3.45. The number of nitrogens with one attached hydrogen (secondary N) is 1. The third-order valence-corrected chi connectivity index (χ3v) is 4.99. The van der Waals surface area contributed by atoms with Crippen LogP contribution in [0.4, 0.5) is 10.1 Å². The zero-order valence-corrected chi connectivity index (χ0v) is 15.5. The number of carbonyl (C=O) groups excluding carboxylic acids is 2. The molecule has 1 heterocycles. The number of nitrogens with zero attached hydrogens (tertiary/aromatic N) is 2. The van der Waals surface area contributed by atoms with Crippen LogP contribution in [0.2, 0.25) is 0 Å². The van der Waals surface area contributed by atoms with Crippen LogP contribution in [0.1, 0.15) is 51.9 Å². The van der Waals surface area contributed by atoms with Crippen LogP contribution in [0.25, 0.3) is 5.69 Å². The van der Waals surface area contributed by atoms with Crippen LogP contribution >= 0.6 is 0 Å². The number of fused-ring (bicyclic) bond motifs is 1. The predicted octanol–water partition coefficient (Wildman–Crippen LogP) is 4.35. The molecule has 1 N–H and O–H groups in total. The molecule has 6 heteroatoms. The molecule has 5 nitrogen and oxygen atoms in total. The topological polar surface area (TPSA) is 64.0 Å². The van der Waals surface area contributed by atoms with Crippen LogP contribution in [0.15, 0.2) is 48.5 Å². The van der Waals surface area contributed by atoms with Gasteiger partial charge >= 0.3 is 0 Å². The third-order valence-electron chi connectivity index (χ3n) is 4.99. The van der Waals surface area contributed by atoms with Gasteiger partial charge < -0.3 is 5.32 Å². The molecular formula is C22H20FN3O2. The zero-order valence-electron chi connectivity index (χ0n) is 15.5. The number of halogens is 1. The van der Waals surface area contributed by atoms with Crippen LogP contribution in [-0.4, -0.2) is 21.5 Å². The van der Waals surface area contributed by atoms with E-state index in [4.69, 9.17) is 0 Å². The Kier molecular flexibility index (Phi) is 4.77. The van der Waals surface area contributed by atoms with Gasteiger partial charge in [0.2, 0.25) is 0 Å². The number of anilines is 1. The highest BCUT2D eigenvalue weighted by atomic mass is 19.1. The van der Waals surface area contributed by atoms with Crippen LogP contribution in [-0.2, 0) is 12.8 Å². The van der Waals surface area contributed by atoms with Gasteiger partial charge in [0.15, 0.2) is 11.5 Å². The van der Waals surface area contributed by atoms with Crippen molar-refractivity contribution in [3.8, 4) is 5.69 Å². The molecule has 1 aromatic heterocycles. The minimum Gasteiger partial charge on any atom is -0.321 e. The molecule has 0 saturated heterocycles. The van der Waals surface area contributed by atoms with Crippen molar-refractivity contribution in [2.75, 3.05) is 5.32 Å². The molecule has 0 unspecified atom stereocenters. The summed E-state index contributed by atoms with van der Waals surface area (Å²) in [5.74, 6) is -0.679. The van der Waals surface area contributed by atoms with E-state index in [1.165, 1.54) is 19.1 Å².